The molecule has 86 valence electrons. The lowest BCUT2D eigenvalue weighted by molar-refractivity contribution is -0.134. The molecule has 1 aliphatic heterocycles. The Morgan fingerprint density at radius 1 is 1.47 bits per heavy atom. The van der Waals surface area contributed by atoms with Crippen LogP contribution in [0.25, 0.3) is 0 Å². The number of nitrogens with zero attached hydrogens (tertiary/aromatic N) is 1. The van der Waals surface area contributed by atoms with Gasteiger partial charge in [-0.2, -0.15) is 0 Å². The second-order valence-corrected chi connectivity index (χ2v) is 4.50. The van der Waals surface area contributed by atoms with Crippen LogP contribution in [0.4, 0.5) is 0 Å². The van der Waals surface area contributed by atoms with Crippen molar-refractivity contribution >= 4 is 5.91 Å². The summed E-state index contributed by atoms with van der Waals surface area (Å²) in [6, 6.07) is 0.495. The minimum atomic E-state index is 0.214. The fraction of sp³-hybridized carbons (Fsp3) is 0.909. The molecule has 2 aliphatic rings. The van der Waals surface area contributed by atoms with Crippen molar-refractivity contribution < 1.29 is 9.53 Å². The number of morpholine rings is 1. The Hall–Kier alpha value is -0.610. The molecule has 0 aromatic carbocycles. The van der Waals surface area contributed by atoms with Crippen LogP contribution in [-0.4, -0.2) is 49.7 Å². The molecule has 2 fully saturated rings. The van der Waals surface area contributed by atoms with Gasteiger partial charge >= 0.3 is 0 Å². The summed E-state index contributed by atoms with van der Waals surface area (Å²) in [6.45, 7) is 5.52. The highest BCUT2D eigenvalue weighted by molar-refractivity contribution is 5.78. The molecule has 1 unspecified atom stereocenters. The Labute approximate surface area is 91.0 Å². The number of carbonyl (C=O) groups is 1. The van der Waals surface area contributed by atoms with Gasteiger partial charge in [0, 0.05) is 19.1 Å². The average molecular weight is 212 g/mol. The number of amides is 1. The van der Waals surface area contributed by atoms with Gasteiger partial charge in [-0.05, 0) is 25.7 Å². The van der Waals surface area contributed by atoms with Crippen molar-refractivity contribution in [2.75, 3.05) is 32.8 Å². The van der Waals surface area contributed by atoms with Crippen molar-refractivity contribution in [2.45, 2.75) is 25.8 Å². The van der Waals surface area contributed by atoms with Gasteiger partial charge in [-0.15, -0.1) is 0 Å². The summed E-state index contributed by atoms with van der Waals surface area (Å²) in [7, 11) is 0. The number of rotatable bonds is 4. The molecular weight excluding hydrogens is 192 g/mol. The Morgan fingerprint density at radius 2 is 2.13 bits per heavy atom. The van der Waals surface area contributed by atoms with Gasteiger partial charge in [-0.1, -0.05) is 0 Å². The zero-order chi connectivity index (χ0) is 10.7. The minimum absolute atomic E-state index is 0.214. The zero-order valence-corrected chi connectivity index (χ0v) is 9.37. The van der Waals surface area contributed by atoms with Crippen LogP contribution in [-0.2, 0) is 9.53 Å². The maximum absolute atomic E-state index is 11.8. The number of hydrogen-bond donors (Lipinski definition) is 1. The van der Waals surface area contributed by atoms with Crippen LogP contribution in [0, 0.1) is 5.92 Å². The normalized spacial score (nSPS) is 23.9. The van der Waals surface area contributed by atoms with Gasteiger partial charge in [0.15, 0.2) is 0 Å². The molecule has 1 saturated carbocycles. The summed E-state index contributed by atoms with van der Waals surface area (Å²) in [4.78, 5) is 13.6. The minimum Gasteiger partial charge on any atom is -0.378 e. The highest BCUT2D eigenvalue weighted by Crippen LogP contribution is 2.32. The van der Waals surface area contributed by atoms with E-state index in [0.717, 1.165) is 19.0 Å². The maximum atomic E-state index is 11.8. The topological polar surface area (TPSA) is 41.6 Å². The predicted octanol–water partition coefficient (Wildman–Crippen LogP) is 0.233. The summed E-state index contributed by atoms with van der Waals surface area (Å²) in [6.07, 6.45) is 2.64. The summed E-state index contributed by atoms with van der Waals surface area (Å²) >= 11 is 0. The van der Waals surface area contributed by atoms with Crippen LogP contribution in [0.15, 0.2) is 0 Å². The quantitative estimate of drug-likeness (QED) is 0.725. The van der Waals surface area contributed by atoms with E-state index < -0.39 is 0 Å². The lowest BCUT2D eigenvalue weighted by Gasteiger charge is -2.27. The lowest BCUT2D eigenvalue weighted by Crippen LogP contribution is -2.46. The summed E-state index contributed by atoms with van der Waals surface area (Å²) in [5, 5.41) is 3.31. The molecule has 1 N–H and O–H groups in total. The van der Waals surface area contributed by atoms with E-state index in [4.69, 9.17) is 4.74 Å². The third-order valence-corrected chi connectivity index (χ3v) is 3.27. The van der Waals surface area contributed by atoms with Gasteiger partial charge < -0.3 is 15.0 Å². The van der Waals surface area contributed by atoms with Crippen LogP contribution in [0.2, 0.25) is 0 Å². The first-order valence-electron chi connectivity index (χ1n) is 5.86. The number of ether oxygens (including phenoxy) is 1. The molecule has 1 aliphatic carbocycles. The van der Waals surface area contributed by atoms with E-state index in [1.165, 1.54) is 12.8 Å². The fourth-order valence-corrected chi connectivity index (χ4v) is 1.94. The van der Waals surface area contributed by atoms with Gasteiger partial charge in [0.1, 0.15) is 0 Å². The standard InChI is InChI=1S/C11H20N2O2/c1-9(10-2-3-10)12-8-11(14)13-4-6-15-7-5-13/h9-10,12H,2-8H2,1H3. The first-order chi connectivity index (χ1) is 7.27. The van der Waals surface area contributed by atoms with Crippen LogP contribution in [0.5, 0.6) is 0 Å². The first-order valence-corrected chi connectivity index (χ1v) is 5.86. The van der Waals surface area contributed by atoms with Crippen LogP contribution in [0.1, 0.15) is 19.8 Å². The van der Waals surface area contributed by atoms with Gasteiger partial charge in [0.05, 0.1) is 19.8 Å². The van der Waals surface area contributed by atoms with E-state index in [1.807, 2.05) is 4.90 Å². The van der Waals surface area contributed by atoms with E-state index in [9.17, 15) is 4.79 Å². The summed E-state index contributed by atoms with van der Waals surface area (Å²) in [5.74, 6) is 1.02. The largest absolute Gasteiger partial charge is 0.378 e. The maximum Gasteiger partial charge on any atom is 0.236 e. The molecule has 0 aromatic heterocycles. The molecule has 4 heteroatoms. The molecule has 1 amide bonds. The van der Waals surface area contributed by atoms with Crippen LogP contribution in [0.3, 0.4) is 0 Å². The SMILES string of the molecule is CC(NCC(=O)N1CCOCC1)C1CC1. The molecule has 4 nitrogen and oxygen atoms in total. The number of hydrogen-bond acceptors (Lipinski definition) is 3. The van der Waals surface area contributed by atoms with Crippen molar-refractivity contribution in [1.29, 1.82) is 0 Å². The highest BCUT2D eigenvalue weighted by atomic mass is 16.5. The lowest BCUT2D eigenvalue weighted by atomic mass is 10.2. The molecular formula is C11H20N2O2. The van der Waals surface area contributed by atoms with Crippen LogP contribution >= 0.6 is 0 Å². The molecule has 0 aromatic rings. The van der Waals surface area contributed by atoms with Gasteiger partial charge in [0.2, 0.25) is 5.91 Å². The van der Waals surface area contributed by atoms with Crippen molar-refractivity contribution in [2.24, 2.45) is 5.92 Å². The molecule has 1 atom stereocenters. The van der Waals surface area contributed by atoms with Gasteiger partial charge in [0.25, 0.3) is 0 Å². The number of nitrogens with one attached hydrogen (secondary N) is 1. The van der Waals surface area contributed by atoms with Crippen molar-refractivity contribution in [3.8, 4) is 0 Å². The Balaban J connectivity index is 1.66. The molecule has 0 bridgehead atoms. The second kappa shape index (κ2) is 4.94. The van der Waals surface area contributed by atoms with Crippen molar-refractivity contribution in [3.05, 3.63) is 0 Å². The molecule has 2 rings (SSSR count). The number of carbonyl (C=O) groups excluding carboxylic acids is 1. The van der Waals surface area contributed by atoms with E-state index in [2.05, 4.69) is 12.2 Å². The summed E-state index contributed by atoms with van der Waals surface area (Å²) in [5.41, 5.74) is 0. The molecule has 0 spiro atoms. The van der Waals surface area contributed by atoms with E-state index in [-0.39, 0.29) is 5.91 Å². The third kappa shape index (κ3) is 3.18. The average Bonchev–Trinajstić information content (AvgIpc) is 3.10. The third-order valence-electron chi connectivity index (χ3n) is 3.27. The van der Waals surface area contributed by atoms with Gasteiger partial charge in [-0.3, -0.25) is 4.79 Å². The predicted molar refractivity (Wildman–Crippen MR) is 57.6 cm³/mol. The zero-order valence-electron chi connectivity index (χ0n) is 9.37. The van der Waals surface area contributed by atoms with Crippen LogP contribution < -0.4 is 5.32 Å². The molecule has 15 heavy (non-hydrogen) atoms. The Morgan fingerprint density at radius 3 is 2.73 bits per heavy atom. The molecule has 1 heterocycles. The molecule has 0 radical (unpaired) electrons. The van der Waals surface area contributed by atoms with Crippen molar-refractivity contribution in [3.63, 3.8) is 0 Å². The van der Waals surface area contributed by atoms with Gasteiger partial charge in [-0.25, -0.2) is 0 Å². The van der Waals surface area contributed by atoms with E-state index >= 15 is 0 Å². The van der Waals surface area contributed by atoms with Crippen molar-refractivity contribution in [1.82, 2.24) is 10.2 Å². The van der Waals surface area contributed by atoms with E-state index in [0.29, 0.717) is 25.8 Å². The highest BCUT2D eigenvalue weighted by Gasteiger charge is 2.28. The fourth-order valence-electron chi connectivity index (χ4n) is 1.94. The Kier molecular flexibility index (Phi) is 3.59. The second-order valence-electron chi connectivity index (χ2n) is 4.50. The van der Waals surface area contributed by atoms with E-state index in [1.54, 1.807) is 0 Å². The summed E-state index contributed by atoms with van der Waals surface area (Å²) < 4.78 is 5.21. The Bertz CT molecular complexity index is 223. The first kappa shape index (κ1) is 10.9. The molecule has 1 saturated heterocycles. The monoisotopic (exact) mass is 212 g/mol. The smallest absolute Gasteiger partial charge is 0.236 e.